The summed E-state index contributed by atoms with van der Waals surface area (Å²) in [5, 5.41) is 20.7. The first-order valence-corrected chi connectivity index (χ1v) is 5.66. The quantitative estimate of drug-likeness (QED) is 0.497. The number of carbonyl (C=O) groups is 1. The van der Waals surface area contributed by atoms with E-state index in [2.05, 4.69) is 20.7 Å². The molecular formula is C12H11N5O3. The van der Waals surface area contributed by atoms with E-state index in [9.17, 15) is 14.9 Å². The highest BCUT2D eigenvalue weighted by molar-refractivity contribution is 5.93. The predicted octanol–water partition coefficient (Wildman–Crippen LogP) is 1.39. The lowest BCUT2D eigenvalue weighted by molar-refractivity contribution is -0.384. The average molecular weight is 273 g/mol. The Morgan fingerprint density at radius 1 is 1.50 bits per heavy atom. The van der Waals surface area contributed by atoms with Crippen LogP contribution in [0.25, 0.3) is 0 Å². The number of hydrogen-bond donors (Lipinski definition) is 2. The van der Waals surface area contributed by atoms with Crippen molar-refractivity contribution in [2.45, 2.75) is 6.92 Å². The summed E-state index contributed by atoms with van der Waals surface area (Å²) in [4.78, 5) is 21.7. The summed E-state index contributed by atoms with van der Waals surface area (Å²) in [6.07, 6.45) is 1.32. The largest absolute Gasteiger partial charge is 0.291 e. The van der Waals surface area contributed by atoms with Gasteiger partial charge in [0.05, 0.1) is 11.1 Å². The highest BCUT2D eigenvalue weighted by atomic mass is 16.6. The molecule has 2 N–H and O–H groups in total. The number of non-ortho nitro benzene ring substituents is 1. The van der Waals surface area contributed by atoms with Crippen LogP contribution in [0, 0.1) is 17.0 Å². The number of aromatic amines is 1. The number of nitro groups is 1. The first-order chi connectivity index (χ1) is 9.56. The van der Waals surface area contributed by atoms with Crippen LogP contribution in [0.4, 0.5) is 5.69 Å². The highest BCUT2D eigenvalue weighted by Gasteiger charge is 2.07. The molecule has 1 aromatic carbocycles. The summed E-state index contributed by atoms with van der Waals surface area (Å²) in [5.41, 5.74) is 3.74. The van der Waals surface area contributed by atoms with Crippen LogP contribution in [0.1, 0.15) is 21.7 Å². The number of hydrogen-bond acceptors (Lipinski definition) is 5. The maximum absolute atomic E-state index is 11.6. The molecule has 2 aromatic rings. The summed E-state index contributed by atoms with van der Waals surface area (Å²) < 4.78 is 0. The Morgan fingerprint density at radius 3 is 2.95 bits per heavy atom. The molecule has 0 aliphatic carbocycles. The van der Waals surface area contributed by atoms with E-state index in [1.807, 2.05) is 0 Å². The molecule has 2 rings (SSSR count). The van der Waals surface area contributed by atoms with Crippen molar-refractivity contribution in [3.05, 3.63) is 57.4 Å². The third-order valence-corrected chi connectivity index (χ3v) is 2.40. The number of nitro benzene ring substituents is 1. The molecule has 102 valence electrons. The van der Waals surface area contributed by atoms with Gasteiger partial charge in [-0.15, -0.1) is 0 Å². The molecule has 0 radical (unpaired) electrons. The number of amides is 1. The van der Waals surface area contributed by atoms with Gasteiger partial charge in [0.1, 0.15) is 0 Å². The highest BCUT2D eigenvalue weighted by Crippen LogP contribution is 2.11. The van der Waals surface area contributed by atoms with Crippen molar-refractivity contribution in [1.29, 1.82) is 0 Å². The van der Waals surface area contributed by atoms with Crippen molar-refractivity contribution in [2.75, 3.05) is 0 Å². The lowest BCUT2D eigenvalue weighted by atomic mass is 10.2. The van der Waals surface area contributed by atoms with Crippen LogP contribution >= 0.6 is 0 Å². The zero-order chi connectivity index (χ0) is 14.5. The third kappa shape index (κ3) is 3.25. The van der Waals surface area contributed by atoms with E-state index in [1.165, 1.54) is 18.3 Å². The summed E-state index contributed by atoms with van der Waals surface area (Å²) in [7, 11) is 0. The Hall–Kier alpha value is -3.03. The summed E-state index contributed by atoms with van der Waals surface area (Å²) in [6, 6.07) is 7.49. The number of hydrazone groups is 1. The van der Waals surface area contributed by atoms with Gasteiger partial charge in [-0.3, -0.25) is 20.0 Å². The topological polar surface area (TPSA) is 113 Å². The number of benzene rings is 1. The molecule has 20 heavy (non-hydrogen) atoms. The van der Waals surface area contributed by atoms with E-state index in [-0.39, 0.29) is 11.4 Å². The van der Waals surface area contributed by atoms with Crippen molar-refractivity contribution < 1.29 is 9.72 Å². The van der Waals surface area contributed by atoms with Gasteiger partial charge < -0.3 is 0 Å². The van der Waals surface area contributed by atoms with Crippen LogP contribution in [0.2, 0.25) is 0 Å². The number of aryl methyl sites for hydroxylation is 1. The van der Waals surface area contributed by atoms with Gasteiger partial charge in [0.2, 0.25) is 0 Å². The number of nitrogens with one attached hydrogen (secondary N) is 2. The van der Waals surface area contributed by atoms with Gasteiger partial charge in [0, 0.05) is 23.4 Å². The van der Waals surface area contributed by atoms with Gasteiger partial charge >= 0.3 is 0 Å². The second kappa shape index (κ2) is 5.74. The lowest BCUT2D eigenvalue weighted by Crippen LogP contribution is -2.18. The van der Waals surface area contributed by atoms with Gasteiger partial charge in [-0.2, -0.15) is 10.2 Å². The number of aromatic nitrogens is 2. The van der Waals surface area contributed by atoms with Crippen molar-refractivity contribution in [1.82, 2.24) is 15.6 Å². The van der Waals surface area contributed by atoms with Gasteiger partial charge in [-0.05, 0) is 13.0 Å². The Morgan fingerprint density at radius 2 is 2.30 bits per heavy atom. The molecule has 0 aliphatic heterocycles. The zero-order valence-corrected chi connectivity index (χ0v) is 10.5. The van der Waals surface area contributed by atoms with E-state index >= 15 is 0 Å². The molecule has 1 aromatic heterocycles. The molecule has 0 saturated heterocycles. The number of nitrogens with zero attached hydrogens (tertiary/aromatic N) is 3. The summed E-state index contributed by atoms with van der Waals surface area (Å²) in [5.74, 6) is -0.462. The second-order valence-electron chi connectivity index (χ2n) is 3.99. The smallest absolute Gasteiger partial charge is 0.282 e. The fourth-order valence-electron chi connectivity index (χ4n) is 1.48. The van der Waals surface area contributed by atoms with Gasteiger partial charge in [-0.25, -0.2) is 5.43 Å². The Kier molecular flexibility index (Phi) is 3.85. The molecule has 0 aliphatic rings. The number of rotatable bonds is 4. The van der Waals surface area contributed by atoms with Crippen molar-refractivity contribution in [2.24, 2.45) is 5.10 Å². The minimum atomic E-state index is -0.498. The van der Waals surface area contributed by atoms with E-state index in [0.29, 0.717) is 5.56 Å². The molecule has 0 atom stereocenters. The summed E-state index contributed by atoms with van der Waals surface area (Å²) in [6.45, 7) is 1.77. The first-order valence-electron chi connectivity index (χ1n) is 5.66. The SMILES string of the molecule is Cc1cc(C(=O)N/N=C\c2cccc([N+](=O)[O-])c2)n[nH]1. The molecule has 8 nitrogen and oxygen atoms in total. The van der Waals surface area contributed by atoms with Gasteiger partial charge in [-0.1, -0.05) is 12.1 Å². The standard InChI is InChI=1S/C12H11N5O3/c1-8-5-11(15-14-8)12(18)16-13-7-9-3-2-4-10(6-9)17(19)20/h2-7H,1H3,(H,14,15)(H,16,18)/b13-7-. The Labute approximate surface area is 113 Å². The minimum absolute atomic E-state index is 0.0387. The Bertz CT molecular complexity index is 677. The minimum Gasteiger partial charge on any atom is -0.282 e. The third-order valence-electron chi connectivity index (χ3n) is 2.40. The van der Waals surface area contributed by atoms with Crippen molar-refractivity contribution in [3.8, 4) is 0 Å². The fourth-order valence-corrected chi connectivity index (χ4v) is 1.48. The maximum atomic E-state index is 11.6. The van der Waals surface area contributed by atoms with Crippen molar-refractivity contribution in [3.63, 3.8) is 0 Å². The molecule has 1 amide bonds. The summed E-state index contributed by atoms with van der Waals surface area (Å²) >= 11 is 0. The molecule has 0 spiro atoms. The average Bonchev–Trinajstić information content (AvgIpc) is 2.86. The molecule has 1 heterocycles. The van der Waals surface area contributed by atoms with Crippen LogP contribution in [-0.4, -0.2) is 27.2 Å². The van der Waals surface area contributed by atoms with Crippen LogP contribution in [-0.2, 0) is 0 Å². The monoisotopic (exact) mass is 273 g/mol. The van der Waals surface area contributed by atoms with Gasteiger partial charge in [0.25, 0.3) is 11.6 Å². The van der Waals surface area contributed by atoms with Gasteiger partial charge in [0.15, 0.2) is 5.69 Å². The van der Waals surface area contributed by atoms with E-state index in [4.69, 9.17) is 0 Å². The van der Waals surface area contributed by atoms with Crippen LogP contribution < -0.4 is 5.43 Å². The zero-order valence-electron chi connectivity index (χ0n) is 10.5. The molecule has 0 saturated carbocycles. The molecule has 8 heteroatoms. The Balaban J connectivity index is 2.01. The molecule has 0 unspecified atom stereocenters. The molecule has 0 fully saturated rings. The lowest BCUT2D eigenvalue weighted by Gasteiger charge is -1.96. The van der Waals surface area contributed by atoms with Crippen LogP contribution in [0.5, 0.6) is 0 Å². The second-order valence-corrected chi connectivity index (χ2v) is 3.99. The molecule has 0 bridgehead atoms. The van der Waals surface area contributed by atoms with E-state index < -0.39 is 10.8 Å². The van der Waals surface area contributed by atoms with E-state index in [0.717, 1.165) is 5.69 Å². The first kappa shape index (κ1) is 13.4. The number of carbonyl (C=O) groups excluding carboxylic acids is 1. The van der Waals surface area contributed by atoms with Crippen LogP contribution in [0.3, 0.4) is 0 Å². The van der Waals surface area contributed by atoms with Crippen LogP contribution in [0.15, 0.2) is 35.4 Å². The van der Waals surface area contributed by atoms with E-state index in [1.54, 1.807) is 25.1 Å². The fraction of sp³-hybridized carbons (Fsp3) is 0.0833. The van der Waals surface area contributed by atoms with Crippen molar-refractivity contribution >= 4 is 17.8 Å². The molecular weight excluding hydrogens is 262 g/mol. The maximum Gasteiger partial charge on any atom is 0.291 e. The normalized spacial score (nSPS) is 10.7. The number of H-pyrrole nitrogens is 1. The predicted molar refractivity (Wildman–Crippen MR) is 71.5 cm³/mol.